The Morgan fingerprint density at radius 1 is 1.33 bits per heavy atom. The molecule has 2 heteroatoms. The van der Waals surface area contributed by atoms with Crippen molar-refractivity contribution in [1.82, 2.24) is 0 Å². The van der Waals surface area contributed by atoms with E-state index in [2.05, 4.69) is 47.4 Å². The van der Waals surface area contributed by atoms with Gasteiger partial charge in [0.2, 0.25) is 0 Å². The maximum absolute atomic E-state index is 2.33. The van der Waals surface area contributed by atoms with E-state index in [4.69, 9.17) is 0 Å². The summed E-state index contributed by atoms with van der Waals surface area (Å²) in [6, 6.07) is 10.5. The maximum atomic E-state index is 2.33. The molecule has 0 atom stereocenters. The first-order chi connectivity index (χ1) is 5.88. The number of rotatable bonds is 3. The van der Waals surface area contributed by atoms with E-state index < -0.39 is 0 Å². The van der Waals surface area contributed by atoms with Crippen LogP contribution in [0.2, 0.25) is 5.82 Å². The molecule has 0 spiro atoms. The van der Waals surface area contributed by atoms with Gasteiger partial charge in [-0.25, -0.2) is 0 Å². The molecule has 12 heavy (non-hydrogen) atoms. The van der Waals surface area contributed by atoms with E-state index in [1.54, 1.807) is 0 Å². The molecule has 0 nitrogen and oxygen atoms in total. The average molecular weight is 243 g/mol. The third kappa shape index (κ3) is 2.71. The molecule has 1 aromatic carbocycles. The number of hydrogen-bond donors (Lipinski definition) is 0. The molecule has 0 saturated heterocycles. The standard InChI is InChI=1S/C10H12SSe/c1-11-10(8-12-2)9-6-4-3-5-7-9/h3-8H,1-2H3/b10-8-. The summed E-state index contributed by atoms with van der Waals surface area (Å²) in [6.45, 7) is 0. The van der Waals surface area contributed by atoms with Gasteiger partial charge < -0.3 is 0 Å². The van der Waals surface area contributed by atoms with Gasteiger partial charge in [0, 0.05) is 0 Å². The molecular weight excluding hydrogens is 231 g/mol. The third-order valence-corrected chi connectivity index (χ3v) is 3.62. The molecule has 0 aliphatic heterocycles. The SMILES string of the molecule is CS/C(=C\[Se]C)c1ccccc1. The topological polar surface area (TPSA) is 0 Å². The second-order valence-electron chi connectivity index (χ2n) is 2.29. The fourth-order valence-corrected chi connectivity index (χ4v) is 3.25. The van der Waals surface area contributed by atoms with Crippen LogP contribution in [0.5, 0.6) is 0 Å². The van der Waals surface area contributed by atoms with Crippen molar-refractivity contribution < 1.29 is 0 Å². The predicted octanol–water partition coefficient (Wildman–Crippen LogP) is 3.10. The van der Waals surface area contributed by atoms with Crippen LogP contribution in [-0.2, 0) is 0 Å². The second-order valence-corrected chi connectivity index (χ2v) is 4.62. The minimum atomic E-state index is 0.619. The van der Waals surface area contributed by atoms with Gasteiger partial charge in [0.25, 0.3) is 0 Å². The molecular formula is C10H12SSe. The van der Waals surface area contributed by atoms with Crippen LogP contribution in [0.15, 0.2) is 35.3 Å². The Balaban J connectivity index is 2.88. The van der Waals surface area contributed by atoms with Gasteiger partial charge in [-0.05, 0) is 0 Å². The van der Waals surface area contributed by atoms with E-state index in [0.29, 0.717) is 15.0 Å². The Hall–Kier alpha value is -0.171. The van der Waals surface area contributed by atoms with Crippen molar-refractivity contribution in [2.24, 2.45) is 0 Å². The van der Waals surface area contributed by atoms with Crippen molar-refractivity contribution in [3.63, 3.8) is 0 Å². The Morgan fingerprint density at radius 3 is 2.50 bits per heavy atom. The number of hydrogen-bond acceptors (Lipinski definition) is 1. The summed E-state index contributed by atoms with van der Waals surface area (Å²) in [5, 5.41) is 0. The first-order valence-electron chi connectivity index (χ1n) is 3.71. The van der Waals surface area contributed by atoms with Gasteiger partial charge in [0.1, 0.15) is 0 Å². The molecule has 1 aromatic rings. The zero-order valence-electron chi connectivity index (χ0n) is 7.28. The zero-order chi connectivity index (χ0) is 8.81. The van der Waals surface area contributed by atoms with Crippen LogP contribution < -0.4 is 0 Å². The van der Waals surface area contributed by atoms with E-state index >= 15 is 0 Å². The Morgan fingerprint density at radius 2 is 2.00 bits per heavy atom. The summed E-state index contributed by atoms with van der Waals surface area (Å²) in [4.78, 5) is 3.73. The molecule has 0 saturated carbocycles. The average Bonchev–Trinajstić information content (AvgIpc) is 2.15. The van der Waals surface area contributed by atoms with Crippen molar-refractivity contribution >= 4 is 31.6 Å². The first-order valence-corrected chi connectivity index (χ1v) is 7.63. The van der Waals surface area contributed by atoms with Crippen LogP contribution >= 0.6 is 11.8 Å². The zero-order valence-corrected chi connectivity index (χ0v) is 9.81. The van der Waals surface area contributed by atoms with Crippen molar-refractivity contribution in [2.75, 3.05) is 6.26 Å². The van der Waals surface area contributed by atoms with Gasteiger partial charge in [0.05, 0.1) is 0 Å². The van der Waals surface area contributed by atoms with E-state index in [1.807, 2.05) is 11.8 Å². The van der Waals surface area contributed by atoms with E-state index in [-0.39, 0.29) is 0 Å². The van der Waals surface area contributed by atoms with Gasteiger partial charge >= 0.3 is 84.6 Å². The van der Waals surface area contributed by atoms with Crippen molar-refractivity contribution in [3.8, 4) is 0 Å². The molecule has 1 rings (SSSR count). The number of benzene rings is 1. The summed E-state index contributed by atoms with van der Waals surface area (Å²) in [5.41, 5.74) is 1.34. The number of thioether (sulfide) groups is 1. The first kappa shape index (κ1) is 9.91. The Kier molecular flexibility index (Phi) is 4.52. The predicted molar refractivity (Wildman–Crippen MR) is 59.6 cm³/mol. The molecule has 0 aromatic heterocycles. The fourth-order valence-electron chi connectivity index (χ4n) is 0.943. The van der Waals surface area contributed by atoms with Gasteiger partial charge in [-0.2, -0.15) is 0 Å². The van der Waals surface area contributed by atoms with Crippen LogP contribution in [0, 0.1) is 0 Å². The van der Waals surface area contributed by atoms with Gasteiger partial charge in [0.15, 0.2) is 0 Å². The summed E-state index contributed by atoms with van der Waals surface area (Å²) in [7, 11) is 0. The molecule has 0 heterocycles. The van der Waals surface area contributed by atoms with Gasteiger partial charge in [-0.1, -0.05) is 0 Å². The monoisotopic (exact) mass is 244 g/mol. The van der Waals surface area contributed by atoms with Gasteiger partial charge in [-0.15, -0.1) is 0 Å². The van der Waals surface area contributed by atoms with E-state index in [1.165, 1.54) is 10.5 Å². The molecule has 0 N–H and O–H groups in total. The van der Waals surface area contributed by atoms with Crippen LogP contribution in [-0.4, -0.2) is 21.2 Å². The summed E-state index contributed by atoms with van der Waals surface area (Å²) in [6.07, 6.45) is 2.13. The third-order valence-electron chi connectivity index (χ3n) is 1.50. The normalized spacial score (nSPS) is 11.7. The molecule has 0 amide bonds. The van der Waals surface area contributed by atoms with Crippen molar-refractivity contribution in [3.05, 3.63) is 40.9 Å². The molecule has 0 unspecified atom stereocenters. The fraction of sp³-hybridized carbons (Fsp3) is 0.200. The van der Waals surface area contributed by atoms with E-state index in [9.17, 15) is 0 Å². The summed E-state index contributed by atoms with van der Waals surface area (Å²) in [5.74, 6) is 2.23. The van der Waals surface area contributed by atoms with Crippen molar-refractivity contribution in [2.45, 2.75) is 5.82 Å². The van der Waals surface area contributed by atoms with Gasteiger partial charge in [-0.3, -0.25) is 0 Å². The molecule has 0 fully saturated rings. The Labute approximate surface area is 84.6 Å². The van der Waals surface area contributed by atoms with Crippen molar-refractivity contribution in [1.29, 1.82) is 0 Å². The molecule has 64 valence electrons. The molecule has 0 radical (unpaired) electrons. The minimum absolute atomic E-state index is 0.619. The summed E-state index contributed by atoms with van der Waals surface area (Å²) < 4.78 is 0. The van der Waals surface area contributed by atoms with Crippen LogP contribution in [0.25, 0.3) is 4.91 Å². The molecule has 0 aliphatic carbocycles. The molecule has 0 bridgehead atoms. The van der Waals surface area contributed by atoms with Crippen LogP contribution in [0.3, 0.4) is 0 Å². The second kappa shape index (κ2) is 5.47. The Bertz CT molecular complexity index is 254. The molecule has 0 aliphatic rings. The van der Waals surface area contributed by atoms with Crippen LogP contribution in [0.4, 0.5) is 0 Å². The quantitative estimate of drug-likeness (QED) is 0.735. The summed E-state index contributed by atoms with van der Waals surface area (Å²) >= 11 is 2.44. The van der Waals surface area contributed by atoms with Crippen LogP contribution in [0.1, 0.15) is 5.56 Å². The van der Waals surface area contributed by atoms with E-state index in [0.717, 1.165) is 0 Å².